The molecule has 0 bridgehead atoms. The largest absolute Gasteiger partial charge is 0.480 e. The molecule has 0 amide bonds. The predicted octanol–water partition coefficient (Wildman–Crippen LogP) is 1.25. The van der Waals surface area contributed by atoms with E-state index >= 15 is 0 Å². The summed E-state index contributed by atoms with van der Waals surface area (Å²) in [6.45, 7) is 1.06. The zero-order valence-corrected chi connectivity index (χ0v) is 9.59. The molecule has 1 unspecified atom stereocenters. The molecule has 0 radical (unpaired) electrons. The highest BCUT2D eigenvalue weighted by atomic mass is 31.2. The van der Waals surface area contributed by atoms with E-state index in [0.717, 1.165) is 6.92 Å². The smallest absolute Gasteiger partial charge is 0.342 e. The lowest BCUT2D eigenvalue weighted by Crippen LogP contribution is -2.37. The van der Waals surface area contributed by atoms with E-state index in [2.05, 4.69) is 0 Å². The van der Waals surface area contributed by atoms with E-state index < -0.39 is 18.7 Å². The molecule has 1 atom stereocenters. The standard InChI is InChI=1S/C10H13O5P/c1-10(9(11)12,16(13,14)15)7-8-5-3-2-4-6-8/h2-6H,7H2,1H3,(H,11,12)(H2,13,14,15). The summed E-state index contributed by atoms with van der Waals surface area (Å²) in [7, 11) is -4.71. The highest BCUT2D eigenvalue weighted by Crippen LogP contribution is 2.52. The SMILES string of the molecule is CC(Cc1ccccc1)(C(=O)O)P(=O)(O)O. The molecule has 0 saturated carbocycles. The highest BCUT2D eigenvalue weighted by Gasteiger charge is 2.49. The van der Waals surface area contributed by atoms with E-state index in [-0.39, 0.29) is 6.42 Å². The quantitative estimate of drug-likeness (QED) is 0.693. The maximum Gasteiger partial charge on any atom is 0.342 e. The monoisotopic (exact) mass is 244 g/mol. The van der Waals surface area contributed by atoms with Gasteiger partial charge >= 0.3 is 13.6 Å². The predicted molar refractivity (Wildman–Crippen MR) is 58.2 cm³/mol. The van der Waals surface area contributed by atoms with Crippen molar-refractivity contribution in [2.75, 3.05) is 0 Å². The van der Waals surface area contributed by atoms with Crippen LogP contribution in [-0.2, 0) is 15.8 Å². The Kier molecular flexibility index (Phi) is 3.53. The second-order valence-corrected chi connectivity index (χ2v) is 5.86. The summed E-state index contributed by atoms with van der Waals surface area (Å²) in [4.78, 5) is 29.2. The Morgan fingerprint density at radius 1 is 1.31 bits per heavy atom. The van der Waals surface area contributed by atoms with Gasteiger partial charge in [-0.2, -0.15) is 0 Å². The normalized spacial score (nSPS) is 15.4. The molecular weight excluding hydrogens is 231 g/mol. The summed E-state index contributed by atoms with van der Waals surface area (Å²) >= 11 is 0. The summed E-state index contributed by atoms with van der Waals surface area (Å²) in [6, 6.07) is 8.40. The van der Waals surface area contributed by atoms with Gasteiger partial charge in [-0.25, -0.2) is 0 Å². The first-order chi connectivity index (χ1) is 7.27. The molecule has 88 valence electrons. The lowest BCUT2D eigenvalue weighted by atomic mass is 10.0. The molecule has 1 aromatic rings. The van der Waals surface area contributed by atoms with Crippen LogP contribution in [0.25, 0.3) is 0 Å². The van der Waals surface area contributed by atoms with Crippen molar-refractivity contribution in [3.05, 3.63) is 35.9 Å². The van der Waals surface area contributed by atoms with Gasteiger partial charge in [-0.1, -0.05) is 30.3 Å². The van der Waals surface area contributed by atoms with Crippen LogP contribution in [0.1, 0.15) is 12.5 Å². The van der Waals surface area contributed by atoms with Crippen LogP contribution < -0.4 is 0 Å². The Morgan fingerprint density at radius 3 is 2.19 bits per heavy atom. The minimum absolute atomic E-state index is 0.201. The lowest BCUT2D eigenvalue weighted by molar-refractivity contribution is -0.140. The van der Waals surface area contributed by atoms with Gasteiger partial charge < -0.3 is 14.9 Å². The molecule has 0 aliphatic carbocycles. The summed E-state index contributed by atoms with van der Waals surface area (Å²) < 4.78 is 11.2. The summed E-state index contributed by atoms with van der Waals surface area (Å²) in [5, 5.41) is 6.86. The maximum atomic E-state index is 11.2. The fourth-order valence-electron chi connectivity index (χ4n) is 1.30. The van der Waals surface area contributed by atoms with Crippen molar-refractivity contribution in [2.45, 2.75) is 18.5 Å². The average Bonchev–Trinajstić information content (AvgIpc) is 2.17. The molecule has 0 fully saturated rings. The molecule has 0 aliphatic rings. The fraction of sp³-hybridized carbons (Fsp3) is 0.300. The van der Waals surface area contributed by atoms with Gasteiger partial charge in [-0.05, 0) is 18.9 Å². The van der Waals surface area contributed by atoms with Gasteiger partial charge in [0.15, 0.2) is 5.16 Å². The molecule has 0 heterocycles. The Bertz CT molecular complexity index is 424. The zero-order valence-electron chi connectivity index (χ0n) is 8.70. The van der Waals surface area contributed by atoms with Crippen LogP contribution in [0.3, 0.4) is 0 Å². The molecular formula is C10H13O5P. The third-order valence-corrected chi connectivity index (χ3v) is 4.13. The molecule has 0 aliphatic heterocycles. The third-order valence-electron chi connectivity index (χ3n) is 2.49. The molecule has 5 nitrogen and oxygen atoms in total. The van der Waals surface area contributed by atoms with Crippen molar-refractivity contribution >= 4 is 13.6 Å². The maximum absolute atomic E-state index is 11.2. The van der Waals surface area contributed by atoms with Gasteiger partial charge in [0.2, 0.25) is 0 Å². The Balaban J connectivity index is 3.08. The Morgan fingerprint density at radius 2 is 1.81 bits per heavy atom. The van der Waals surface area contributed by atoms with E-state index in [0.29, 0.717) is 5.56 Å². The number of hydrogen-bond donors (Lipinski definition) is 3. The number of aliphatic carboxylic acids is 1. The molecule has 1 aromatic carbocycles. The minimum Gasteiger partial charge on any atom is -0.480 e. The Hall–Kier alpha value is -1.16. The van der Waals surface area contributed by atoms with Crippen LogP contribution in [0, 0.1) is 0 Å². The zero-order chi connectivity index (χ0) is 12.4. The van der Waals surface area contributed by atoms with Crippen molar-refractivity contribution in [1.29, 1.82) is 0 Å². The average molecular weight is 244 g/mol. The highest BCUT2D eigenvalue weighted by molar-refractivity contribution is 7.54. The second-order valence-electron chi connectivity index (χ2n) is 3.79. The van der Waals surface area contributed by atoms with Gasteiger partial charge in [-0.3, -0.25) is 9.36 Å². The van der Waals surface area contributed by atoms with Crippen molar-refractivity contribution in [3.8, 4) is 0 Å². The second kappa shape index (κ2) is 4.37. The van der Waals surface area contributed by atoms with Crippen molar-refractivity contribution in [3.63, 3.8) is 0 Å². The molecule has 0 spiro atoms. The van der Waals surface area contributed by atoms with Gasteiger partial charge in [0.1, 0.15) is 0 Å². The summed E-state index contributed by atoms with van der Waals surface area (Å²) in [6.07, 6.45) is -0.201. The van der Waals surface area contributed by atoms with E-state index in [9.17, 15) is 9.36 Å². The first-order valence-corrected chi connectivity index (χ1v) is 6.21. The van der Waals surface area contributed by atoms with Crippen LogP contribution in [-0.4, -0.2) is 26.0 Å². The van der Waals surface area contributed by atoms with E-state index in [1.807, 2.05) is 0 Å². The number of rotatable bonds is 4. The Labute approximate surface area is 92.9 Å². The lowest BCUT2D eigenvalue weighted by Gasteiger charge is -2.25. The number of carbonyl (C=O) groups is 1. The fourth-order valence-corrected chi connectivity index (χ4v) is 1.93. The number of carboxylic acids is 1. The summed E-state index contributed by atoms with van der Waals surface area (Å²) in [5.74, 6) is -1.50. The van der Waals surface area contributed by atoms with Gasteiger partial charge in [0.05, 0.1) is 0 Å². The van der Waals surface area contributed by atoms with Gasteiger partial charge in [0, 0.05) is 0 Å². The van der Waals surface area contributed by atoms with Crippen LogP contribution in [0.4, 0.5) is 0 Å². The third kappa shape index (κ3) is 2.50. The molecule has 16 heavy (non-hydrogen) atoms. The molecule has 3 N–H and O–H groups in total. The molecule has 0 aromatic heterocycles. The van der Waals surface area contributed by atoms with Crippen LogP contribution >= 0.6 is 7.60 Å². The van der Waals surface area contributed by atoms with E-state index in [4.69, 9.17) is 14.9 Å². The van der Waals surface area contributed by atoms with Crippen LogP contribution in [0.2, 0.25) is 0 Å². The molecule has 6 heteroatoms. The summed E-state index contributed by atoms with van der Waals surface area (Å²) in [5.41, 5.74) is 0.579. The van der Waals surface area contributed by atoms with Crippen molar-refractivity contribution in [2.24, 2.45) is 0 Å². The first-order valence-electron chi connectivity index (χ1n) is 4.60. The molecule has 0 saturated heterocycles. The van der Waals surface area contributed by atoms with Crippen LogP contribution in [0.15, 0.2) is 30.3 Å². The minimum atomic E-state index is -4.71. The van der Waals surface area contributed by atoms with E-state index in [1.165, 1.54) is 0 Å². The van der Waals surface area contributed by atoms with E-state index in [1.54, 1.807) is 30.3 Å². The van der Waals surface area contributed by atoms with Gasteiger partial charge in [-0.15, -0.1) is 0 Å². The van der Waals surface area contributed by atoms with Crippen molar-refractivity contribution in [1.82, 2.24) is 0 Å². The molecule has 1 rings (SSSR count). The topological polar surface area (TPSA) is 94.8 Å². The number of carboxylic acid groups (broad SMARTS) is 1. The number of benzene rings is 1. The van der Waals surface area contributed by atoms with Crippen molar-refractivity contribution < 1.29 is 24.3 Å². The van der Waals surface area contributed by atoms with Crippen LogP contribution in [0.5, 0.6) is 0 Å². The first kappa shape index (κ1) is 12.9. The number of hydrogen-bond acceptors (Lipinski definition) is 2. The van der Waals surface area contributed by atoms with Gasteiger partial charge in [0.25, 0.3) is 0 Å².